The Hall–Kier alpha value is -1.20. The average Bonchev–Trinajstić information content (AvgIpc) is 2.94. The van der Waals surface area contributed by atoms with Crippen molar-refractivity contribution in [2.75, 3.05) is 7.11 Å². The molecule has 4 rings (SSSR count). The van der Waals surface area contributed by atoms with Gasteiger partial charge in [0.25, 0.3) is 0 Å². The number of methoxy groups -OCH3 is 1. The van der Waals surface area contributed by atoms with Gasteiger partial charge in [-0.05, 0) is 60.2 Å². The van der Waals surface area contributed by atoms with Gasteiger partial charge in [0.15, 0.2) is 5.78 Å². The van der Waals surface area contributed by atoms with Gasteiger partial charge < -0.3 is 4.74 Å². The third kappa shape index (κ3) is 2.60. The lowest BCUT2D eigenvalue weighted by Crippen LogP contribution is -2.66. The van der Waals surface area contributed by atoms with Gasteiger partial charge in [-0.25, -0.2) is 9.18 Å². The first-order chi connectivity index (χ1) is 13.9. The SMILES string of the molecule is COC(=O)C(=O)[C@H]1[C@H](C)C[C@H]2[C@@H]3C[C@H](F)C4=CC(=O)C=C[C@]4(C)[C@@]3(Cl)[C@@H](Cl)C[C@@]21C. The summed E-state index contributed by atoms with van der Waals surface area (Å²) in [5.74, 6) is -2.60. The summed E-state index contributed by atoms with van der Waals surface area (Å²) in [6.45, 7) is 5.80. The maximum absolute atomic E-state index is 15.4. The number of alkyl halides is 3. The van der Waals surface area contributed by atoms with E-state index in [0.717, 1.165) is 0 Å². The number of hydrogen-bond donors (Lipinski definition) is 0. The highest BCUT2D eigenvalue weighted by molar-refractivity contribution is 6.35. The fraction of sp³-hybridized carbons (Fsp3) is 0.696. The van der Waals surface area contributed by atoms with Crippen LogP contribution in [0.4, 0.5) is 4.39 Å². The number of fused-ring (bicyclic) bond motifs is 5. The van der Waals surface area contributed by atoms with Crippen LogP contribution >= 0.6 is 23.2 Å². The van der Waals surface area contributed by atoms with E-state index in [0.29, 0.717) is 18.4 Å². The molecule has 0 aromatic heterocycles. The summed E-state index contributed by atoms with van der Waals surface area (Å²) in [5, 5.41) is -0.567. The molecule has 0 heterocycles. The predicted octanol–water partition coefficient (Wildman–Crippen LogP) is 4.43. The van der Waals surface area contributed by atoms with Gasteiger partial charge in [-0.2, -0.15) is 0 Å². The highest BCUT2D eigenvalue weighted by Crippen LogP contribution is 2.71. The molecule has 0 saturated heterocycles. The molecule has 4 nitrogen and oxygen atoms in total. The minimum Gasteiger partial charge on any atom is -0.463 e. The Kier molecular flexibility index (Phi) is 5.06. The number of Topliss-reactive ketones (excluding diaryl/α,β-unsaturated/α-hetero) is 1. The molecule has 0 unspecified atom stereocenters. The Balaban J connectivity index is 1.81. The lowest BCUT2D eigenvalue weighted by molar-refractivity contribution is -0.157. The Labute approximate surface area is 186 Å². The molecule has 164 valence electrons. The minimum atomic E-state index is -1.31. The summed E-state index contributed by atoms with van der Waals surface area (Å²) in [6.07, 6.45) is 4.46. The lowest BCUT2D eigenvalue weighted by Gasteiger charge is -2.63. The van der Waals surface area contributed by atoms with Crippen LogP contribution in [0.5, 0.6) is 0 Å². The van der Waals surface area contributed by atoms with Crippen LogP contribution in [0.25, 0.3) is 0 Å². The quantitative estimate of drug-likeness (QED) is 0.350. The molecule has 0 N–H and O–H groups in total. The van der Waals surface area contributed by atoms with Crippen molar-refractivity contribution in [3.63, 3.8) is 0 Å². The normalized spacial score (nSPS) is 49.6. The Morgan fingerprint density at radius 3 is 2.53 bits per heavy atom. The van der Waals surface area contributed by atoms with Crippen molar-refractivity contribution in [1.29, 1.82) is 0 Å². The van der Waals surface area contributed by atoms with Gasteiger partial charge in [-0.15, -0.1) is 23.2 Å². The van der Waals surface area contributed by atoms with Crippen LogP contribution in [0.15, 0.2) is 23.8 Å². The number of hydrogen-bond acceptors (Lipinski definition) is 4. The van der Waals surface area contributed by atoms with E-state index in [1.165, 1.54) is 19.3 Å². The number of esters is 1. The Morgan fingerprint density at radius 2 is 1.90 bits per heavy atom. The zero-order valence-electron chi connectivity index (χ0n) is 17.6. The second-order valence-electron chi connectivity index (χ2n) is 9.95. The zero-order valence-corrected chi connectivity index (χ0v) is 19.1. The number of carbonyl (C=O) groups is 3. The third-order valence-corrected chi connectivity index (χ3v) is 10.1. The second-order valence-corrected chi connectivity index (χ2v) is 11.1. The van der Waals surface area contributed by atoms with Gasteiger partial charge in [0, 0.05) is 11.3 Å². The summed E-state index contributed by atoms with van der Waals surface area (Å²) in [4.78, 5) is 35.9. The van der Waals surface area contributed by atoms with Crippen molar-refractivity contribution in [2.45, 2.75) is 56.5 Å². The van der Waals surface area contributed by atoms with Crippen LogP contribution in [0.3, 0.4) is 0 Å². The summed E-state index contributed by atoms with van der Waals surface area (Å²) in [6, 6.07) is 0. The molecule has 30 heavy (non-hydrogen) atoms. The minimum absolute atomic E-state index is 0.0683. The van der Waals surface area contributed by atoms with E-state index in [9.17, 15) is 14.4 Å². The molecule has 0 aromatic rings. The fourth-order valence-corrected chi connectivity index (χ4v) is 8.50. The van der Waals surface area contributed by atoms with Crippen molar-refractivity contribution >= 4 is 40.7 Å². The zero-order chi connectivity index (χ0) is 22.2. The first kappa shape index (κ1) is 22.0. The van der Waals surface area contributed by atoms with Gasteiger partial charge in [0.05, 0.1) is 17.4 Å². The van der Waals surface area contributed by atoms with E-state index in [-0.39, 0.29) is 30.0 Å². The molecule has 0 aromatic carbocycles. The van der Waals surface area contributed by atoms with Crippen molar-refractivity contribution in [3.8, 4) is 0 Å². The number of halogens is 3. The van der Waals surface area contributed by atoms with Crippen molar-refractivity contribution in [3.05, 3.63) is 23.8 Å². The van der Waals surface area contributed by atoms with E-state index >= 15 is 4.39 Å². The second kappa shape index (κ2) is 6.90. The third-order valence-electron chi connectivity index (χ3n) is 8.59. The largest absolute Gasteiger partial charge is 0.463 e. The molecule has 4 aliphatic rings. The topological polar surface area (TPSA) is 60.4 Å². The van der Waals surface area contributed by atoms with Gasteiger partial charge in [0.1, 0.15) is 6.17 Å². The van der Waals surface area contributed by atoms with Crippen LogP contribution in [0.2, 0.25) is 0 Å². The Bertz CT molecular complexity index is 884. The molecule has 0 spiro atoms. The van der Waals surface area contributed by atoms with Gasteiger partial charge in [-0.1, -0.05) is 26.8 Å². The van der Waals surface area contributed by atoms with Crippen molar-refractivity contribution in [2.24, 2.45) is 34.5 Å². The molecule has 3 saturated carbocycles. The molecule has 9 atom stereocenters. The van der Waals surface area contributed by atoms with E-state index < -0.39 is 44.9 Å². The number of rotatable bonds is 2. The van der Waals surface area contributed by atoms with Crippen LogP contribution in [-0.4, -0.2) is 41.1 Å². The molecule has 4 aliphatic carbocycles. The van der Waals surface area contributed by atoms with E-state index in [4.69, 9.17) is 27.9 Å². The number of ketones is 2. The number of allylic oxidation sites excluding steroid dienone is 4. The van der Waals surface area contributed by atoms with Crippen LogP contribution in [0, 0.1) is 34.5 Å². The molecule has 7 heteroatoms. The van der Waals surface area contributed by atoms with Gasteiger partial charge in [0.2, 0.25) is 5.78 Å². The first-order valence-corrected chi connectivity index (χ1v) is 11.3. The fourth-order valence-electron chi connectivity index (χ4n) is 7.29. The van der Waals surface area contributed by atoms with Crippen molar-refractivity contribution < 1.29 is 23.5 Å². The molecule has 0 amide bonds. The monoisotopic (exact) mass is 456 g/mol. The summed E-state index contributed by atoms with van der Waals surface area (Å²) in [5.41, 5.74) is -1.08. The smallest absolute Gasteiger partial charge is 0.374 e. The van der Waals surface area contributed by atoms with E-state index in [2.05, 4.69) is 0 Å². The Morgan fingerprint density at radius 1 is 1.23 bits per heavy atom. The predicted molar refractivity (Wildman–Crippen MR) is 112 cm³/mol. The summed E-state index contributed by atoms with van der Waals surface area (Å²) >= 11 is 14.4. The van der Waals surface area contributed by atoms with E-state index in [1.807, 2.05) is 20.8 Å². The molecule has 3 fully saturated rings. The van der Waals surface area contributed by atoms with Gasteiger partial charge in [-0.3, -0.25) is 9.59 Å². The lowest BCUT2D eigenvalue weighted by atomic mass is 9.46. The van der Waals surface area contributed by atoms with Gasteiger partial charge >= 0.3 is 5.97 Å². The van der Waals surface area contributed by atoms with E-state index in [1.54, 1.807) is 6.08 Å². The highest BCUT2D eigenvalue weighted by Gasteiger charge is 2.71. The molecule has 0 bridgehead atoms. The summed E-state index contributed by atoms with van der Waals surface area (Å²) < 4.78 is 20.1. The van der Waals surface area contributed by atoms with Crippen molar-refractivity contribution in [1.82, 2.24) is 0 Å². The standard InChI is InChI=1S/C23H27Cl2FO4/c1-11-7-13-14-9-16(26)15-8-12(27)5-6-22(15,3)23(14,25)17(24)10-21(13,2)18(11)19(28)20(29)30-4/h5-6,8,11,13-14,16-18H,7,9-10H2,1-4H3/t11-,13+,14+,16+,17+,18-,21+,22+,23+/m1/s1. The van der Waals surface area contributed by atoms with Crippen LogP contribution < -0.4 is 0 Å². The molecule has 0 radical (unpaired) electrons. The number of ether oxygens (including phenoxy) is 1. The van der Waals surface area contributed by atoms with Crippen LogP contribution in [0.1, 0.15) is 40.0 Å². The first-order valence-electron chi connectivity index (χ1n) is 10.5. The average molecular weight is 457 g/mol. The summed E-state index contributed by atoms with van der Waals surface area (Å²) in [7, 11) is 1.20. The molecular weight excluding hydrogens is 430 g/mol. The molecular formula is C23H27Cl2FO4. The maximum Gasteiger partial charge on any atom is 0.374 e. The molecule has 0 aliphatic heterocycles. The highest BCUT2D eigenvalue weighted by atomic mass is 35.5. The van der Waals surface area contributed by atoms with Crippen LogP contribution in [-0.2, 0) is 19.1 Å². The number of carbonyl (C=O) groups excluding carboxylic acids is 3. The maximum atomic E-state index is 15.4.